The standard InChI is InChI=1S/C9H17NO2/c1-4-5-6-10-7-9(12-3)8-11-2/h9-10H,6-8H2,1-3H3. The molecule has 0 saturated carbocycles. The van der Waals surface area contributed by atoms with E-state index < -0.39 is 0 Å². The Balaban J connectivity index is 3.35. The van der Waals surface area contributed by atoms with Crippen LogP contribution in [0, 0.1) is 11.8 Å². The molecule has 1 unspecified atom stereocenters. The Labute approximate surface area is 74.4 Å². The second-order valence-corrected chi connectivity index (χ2v) is 2.37. The van der Waals surface area contributed by atoms with Gasteiger partial charge in [-0.05, 0) is 6.92 Å². The average molecular weight is 171 g/mol. The molecule has 3 nitrogen and oxygen atoms in total. The molecule has 0 aliphatic carbocycles. The van der Waals surface area contributed by atoms with Gasteiger partial charge in [-0.15, -0.1) is 5.92 Å². The molecule has 0 amide bonds. The molecule has 0 radical (unpaired) electrons. The van der Waals surface area contributed by atoms with Crippen molar-refractivity contribution in [3.05, 3.63) is 0 Å². The van der Waals surface area contributed by atoms with Crippen LogP contribution >= 0.6 is 0 Å². The number of rotatable bonds is 6. The van der Waals surface area contributed by atoms with Crippen LogP contribution in [0.4, 0.5) is 0 Å². The van der Waals surface area contributed by atoms with Crippen LogP contribution < -0.4 is 5.32 Å². The van der Waals surface area contributed by atoms with E-state index in [2.05, 4.69) is 17.2 Å². The average Bonchev–Trinajstić information content (AvgIpc) is 2.10. The predicted octanol–water partition coefficient (Wildman–Crippen LogP) is 0.261. The summed E-state index contributed by atoms with van der Waals surface area (Å²) in [5.41, 5.74) is 0. The fourth-order valence-electron chi connectivity index (χ4n) is 0.780. The molecule has 0 aliphatic heterocycles. The SMILES string of the molecule is CC#CCNCC(COC)OC. The maximum atomic E-state index is 5.14. The van der Waals surface area contributed by atoms with Gasteiger partial charge in [0.25, 0.3) is 0 Å². The molecule has 0 aromatic heterocycles. The maximum absolute atomic E-state index is 5.14. The Bertz CT molecular complexity index is 148. The molecule has 0 spiro atoms. The summed E-state index contributed by atoms with van der Waals surface area (Å²) in [7, 11) is 3.34. The van der Waals surface area contributed by atoms with Crippen LogP contribution in [0.15, 0.2) is 0 Å². The molecule has 0 rings (SSSR count). The summed E-state index contributed by atoms with van der Waals surface area (Å²) in [4.78, 5) is 0. The summed E-state index contributed by atoms with van der Waals surface area (Å²) in [6.45, 7) is 3.92. The molecule has 0 saturated heterocycles. The van der Waals surface area contributed by atoms with Crippen molar-refractivity contribution in [2.24, 2.45) is 0 Å². The minimum atomic E-state index is 0.119. The summed E-state index contributed by atoms with van der Waals surface area (Å²) >= 11 is 0. The van der Waals surface area contributed by atoms with Crippen LogP contribution in [-0.4, -0.2) is 40.0 Å². The summed E-state index contributed by atoms with van der Waals surface area (Å²) in [5.74, 6) is 5.72. The Hall–Kier alpha value is -0.560. The van der Waals surface area contributed by atoms with Gasteiger partial charge >= 0.3 is 0 Å². The monoisotopic (exact) mass is 171 g/mol. The molecule has 12 heavy (non-hydrogen) atoms. The van der Waals surface area contributed by atoms with E-state index in [1.54, 1.807) is 14.2 Å². The number of hydrogen-bond acceptors (Lipinski definition) is 3. The highest BCUT2D eigenvalue weighted by Crippen LogP contribution is 1.87. The fourth-order valence-corrected chi connectivity index (χ4v) is 0.780. The Morgan fingerprint density at radius 2 is 2.17 bits per heavy atom. The van der Waals surface area contributed by atoms with E-state index in [0.29, 0.717) is 13.2 Å². The lowest BCUT2D eigenvalue weighted by atomic mass is 10.3. The first-order valence-corrected chi connectivity index (χ1v) is 3.97. The molecule has 0 aromatic rings. The van der Waals surface area contributed by atoms with Gasteiger partial charge in [-0.3, -0.25) is 0 Å². The smallest absolute Gasteiger partial charge is 0.0928 e. The van der Waals surface area contributed by atoms with Gasteiger partial charge in [0.2, 0.25) is 0 Å². The molecule has 70 valence electrons. The van der Waals surface area contributed by atoms with Crippen molar-refractivity contribution in [2.45, 2.75) is 13.0 Å². The van der Waals surface area contributed by atoms with Crippen LogP contribution in [0.1, 0.15) is 6.92 Å². The molecule has 0 bridgehead atoms. The minimum absolute atomic E-state index is 0.119. The normalized spacial score (nSPS) is 11.9. The maximum Gasteiger partial charge on any atom is 0.0928 e. The van der Waals surface area contributed by atoms with Gasteiger partial charge in [-0.2, -0.15) is 0 Å². The number of methoxy groups -OCH3 is 2. The van der Waals surface area contributed by atoms with Crippen LogP contribution in [0.2, 0.25) is 0 Å². The van der Waals surface area contributed by atoms with Crippen LogP contribution in [-0.2, 0) is 9.47 Å². The van der Waals surface area contributed by atoms with Gasteiger partial charge in [0, 0.05) is 20.8 Å². The lowest BCUT2D eigenvalue weighted by Crippen LogP contribution is -2.31. The minimum Gasteiger partial charge on any atom is -0.382 e. The van der Waals surface area contributed by atoms with E-state index in [1.807, 2.05) is 6.92 Å². The molecule has 1 N–H and O–H groups in total. The quantitative estimate of drug-likeness (QED) is 0.459. The third-order valence-corrected chi connectivity index (χ3v) is 1.45. The first-order valence-electron chi connectivity index (χ1n) is 3.97. The van der Waals surface area contributed by atoms with Crippen molar-refractivity contribution < 1.29 is 9.47 Å². The van der Waals surface area contributed by atoms with E-state index in [1.165, 1.54) is 0 Å². The van der Waals surface area contributed by atoms with Crippen molar-refractivity contribution >= 4 is 0 Å². The van der Waals surface area contributed by atoms with Gasteiger partial charge in [0.05, 0.1) is 19.3 Å². The van der Waals surface area contributed by atoms with Crippen molar-refractivity contribution in [3.8, 4) is 11.8 Å². The fraction of sp³-hybridized carbons (Fsp3) is 0.778. The summed E-state index contributed by atoms with van der Waals surface area (Å²) in [6, 6.07) is 0. The van der Waals surface area contributed by atoms with Gasteiger partial charge in [0.1, 0.15) is 0 Å². The highest BCUT2D eigenvalue weighted by molar-refractivity contribution is 4.97. The molecule has 0 aromatic carbocycles. The van der Waals surface area contributed by atoms with Crippen LogP contribution in [0.25, 0.3) is 0 Å². The van der Waals surface area contributed by atoms with Crippen LogP contribution in [0.3, 0.4) is 0 Å². The lowest BCUT2D eigenvalue weighted by molar-refractivity contribution is 0.0296. The second kappa shape index (κ2) is 8.54. The van der Waals surface area contributed by atoms with Crippen molar-refractivity contribution in [3.63, 3.8) is 0 Å². The largest absolute Gasteiger partial charge is 0.382 e. The highest BCUT2D eigenvalue weighted by atomic mass is 16.5. The molecule has 0 fully saturated rings. The van der Waals surface area contributed by atoms with Crippen molar-refractivity contribution in [1.29, 1.82) is 0 Å². The van der Waals surface area contributed by atoms with E-state index in [9.17, 15) is 0 Å². The number of ether oxygens (including phenoxy) is 2. The zero-order valence-electron chi connectivity index (χ0n) is 8.02. The zero-order chi connectivity index (χ0) is 9.23. The summed E-state index contributed by atoms with van der Waals surface area (Å²) in [5, 5.41) is 3.14. The second-order valence-electron chi connectivity index (χ2n) is 2.37. The van der Waals surface area contributed by atoms with Gasteiger partial charge in [0.15, 0.2) is 0 Å². The highest BCUT2D eigenvalue weighted by Gasteiger charge is 2.04. The molecule has 0 aliphatic rings. The van der Waals surface area contributed by atoms with Gasteiger partial charge in [-0.25, -0.2) is 0 Å². The van der Waals surface area contributed by atoms with Crippen molar-refractivity contribution in [2.75, 3.05) is 33.9 Å². The summed E-state index contributed by atoms with van der Waals surface area (Å²) in [6.07, 6.45) is 0.119. The van der Waals surface area contributed by atoms with Gasteiger partial charge < -0.3 is 14.8 Å². The Morgan fingerprint density at radius 3 is 2.67 bits per heavy atom. The first kappa shape index (κ1) is 11.4. The van der Waals surface area contributed by atoms with Crippen molar-refractivity contribution in [1.82, 2.24) is 5.32 Å². The van der Waals surface area contributed by atoms with Gasteiger partial charge in [-0.1, -0.05) is 5.92 Å². The van der Waals surface area contributed by atoms with E-state index in [0.717, 1.165) is 6.54 Å². The molecule has 3 heteroatoms. The molecular weight excluding hydrogens is 154 g/mol. The number of nitrogens with one attached hydrogen (secondary N) is 1. The molecule has 0 heterocycles. The molecule has 1 atom stereocenters. The number of hydrogen-bond donors (Lipinski definition) is 1. The molecular formula is C9H17NO2. The summed E-state index contributed by atoms with van der Waals surface area (Å²) < 4.78 is 10.1. The zero-order valence-corrected chi connectivity index (χ0v) is 8.02. The Morgan fingerprint density at radius 1 is 1.42 bits per heavy atom. The topological polar surface area (TPSA) is 30.5 Å². The first-order chi connectivity index (χ1) is 5.85. The van der Waals surface area contributed by atoms with E-state index >= 15 is 0 Å². The third-order valence-electron chi connectivity index (χ3n) is 1.45. The van der Waals surface area contributed by atoms with E-state index in [-0.39, 0.29) is 6.10 Å². The van der Waals surface area contributed by atoms with E-state index in [4.69, 9.17) is 9.47 Å². The lowest BCUT2D eigenvalue weighted by Gasteiger charge is -2.13. The predicted molar refractivity (Wildman–Crippen MR) is 49.0 cm³/mol. The third kappa shape index (κ3) is 6.17. The van der Waals surface area contributed by atoms with Crippen LogP contribution in [0.5, 0.6) is 0 Å². The Kier molecular flexibility index (Phi) is 8.14.